The van der Waals surface area contributed by atoms with Crippen molar-refractivity contribution in [3.63, 3.8) is 0 Å². The van der Waals surface area contributed by atoms with Crippen LogP contribution >= 0.6 is 22.6 Å². The van der Waals surface area contributed by atoms with E-state index in [2.05, 4.69) is 27.9 Å². The highest BCUT2D eigenvalue weighted by Gasteiger charge is 1.98. The Kier molecular flexibility index (Phi) is 5.65. The molecule has 0 atom stereocenters. The third kappa shape index (κ3) is 8.64. The topological polar surface area (TPSA) is 46.2 Å². The second kappa shape index (κ2) is 5.31. The SMILES string of the molecule is CS(=O)(=O)CCNCCI. The molecule has 0 rings (SSSR count). The Labute approximate surface area is 75.6 Å². The van der Waals surface area contributed by atoms with Crippen LogP contribution in [0.2, 0.25) is 0 Å². The van der Waals surface area contributed by atoms with E-state index in [0.717, 1.165) is 11.0 Å². The quantitative estimate of drug-likeness (QED) is 0.439. The van der Waals surface area contributed by atoms with Gasteiger partial charge in [-0.2, -0.15) is 0 Å². The van der Waals surface area contributed by atoms with Crippen LogP contribution in [0.3, 0.4) is 0 Å². The predicted molar refractivity (Wildman–Crippen MR) is 51.5 cm³/mol. The zero-order valence-electron chi connectivity index (χ0n) is 5.93. The van der Waals surface area contributed by atoms with Crippen molar-refractivity contribution < 1.29 is 8.42 Å². The van der Waals surface area contributed by atoms with Gasteiger partial charge in [0, 0.05) is 23.8 Å². The summed E-state index contributed by atoms with van der Waals surface area (Å²) in [5.74, 6) is 0.240. The van der Waals surface area contributed by atoms with Gasteiger partial charge in [0.1, 0.15) is 9.84 Å². The van der Waals surface area contributed by atoms with E-state index in [9.17, 15) is 8.42 Å². The summed E-state index contributed by atoms with van der Waals surface area (Å²) >= 11 is 2.24. The van der Waals surface area contributed by atoms with E-state index in [1.54, 1.807) is 0 Å². The number of hydrogen-bond acceptors (Lipinski definition) is 3. The van der Waals surface area contributed by atoms with Gasteiger partial charge in [-0.15, -0.1) is 0 Å². The second-order valence-corrected chi connectivity index (χ2v) is 5.41. The fraction of sp³-hybridized carbons (Fsp3) is 1.00. The Morgan fingerprint density at radius 3 is 2.40 bits per heavy atom. The Hall–Kier alpha value is 0.640. The predicted octanol–water partition coefficient (Wildman–Crippen LogP) is 0.0556. The van der Waals surface area contributed by atoms with E-state index < -0.39 is 9.84 Å². The van der Waals surface area contributed by atoms with Gasteiger partial charge in [0.05, 0.1) is 5.75 Å². The maximum Gasteiger partial charge on any atom is 0.148 e. The molecule has 10 heavy (non-hydrogen) atoms. The van der Waals surface area contributed by atoms with Crippen molar-refractivity contribution >= 4 is 32.4 Å². The monoisotopic (exact) mass is 277 g/mol. The number of nitrogens with one attached hydrogen (secondary N) is 1. The summed E-state index contributed by atoms with van der Waals surface area (Å²) < 4.78 is 22.1. The Morgan fingerprint density at radius 2 is 2.00 bits per heavy atom. The summed E-state index contributed by atoms with van der Waals surface area (Å²) in [7, 11) is -2.77. The first-order valence-corrected chi connectivity index (χ1v) is 6.59. The minimum atomic E-state index is -2.77. The Morgan fingerprint density at radius 1 is 1.40 bits per heavy atom. The molecule has 1 N–H and O–H groups in total. The molecule has 0 heterocycles. The molecule has 5 heteroatoms. The average molecular weight is 277 g/mol. The highest BCUT2D eigenvalue weighted by molar-refractivity contribution is 14.1. The molecule has 0 aromatic rings. The smallest absolute Gasteiger partial charge is 0.148 e. The Balaban J connectivity index is 3.21. The summed E-state index contributed by atoms with van der Waals surface area (Å²) in [5.41, 5.74) is 0. The van der Waals surface area contributed by atoms with Gasteiger partial charge < -0.3 is 5.32 Å². The molecule has 0 aliphatic carbocycles. The second-order valence-electron chi connectivity index (χ2n) is 2.07. The van der Waals surface area contributed by atoms with Crippen LogP contribution in [-0.2, 0) is 9.84 Å². The van der Waals surface area contributed by atoms with E-state index in [-0.39, 0.29) is 5.75 Å². The molecule has 0 saturated heterocycles. The zero-order chi connectivity index (χ0) is 8.04. The van der Waals surface area contributed by atoms with E-state index in [0.29, 0.717) is 6.54 Å². The van der Waals surface area contributed by atoms with Gasteiger partial charge >= 0.3 is 0 Å². The highest BCUT2D eigenvalue weighted by atomic mass is 127. The first kappa shape index (κ1) is 10.6. The standard InChI is InChI=1S/C5H12INO2S/c1-10(8,9)5-4-7-3-2-6/h7H,2-5H2,1H3. The lowest BCUT2D eigenvalue weighted by Crippen LogP contribution is -2.23. The van der Waals surface area contributed by atoms with Gasteiger partial charge in [0.25, 0.3) is 0 Å². The first-order valence-electron chi connectivity index (χ1n) is 3.00. The summed E-state index contributed by atoms with van der Waals surface area (Å²) in [4.78, 5) is 0. The molecule has 0 aliphatic heterocycles. The van der Waals surface area contributed by atoms with Crippen LogP contribution in [0.4, 0.5) is 0 Å². The Bertz CT molecular complexity index is 166. The summed E-state index contributed by atoms with van der Waals surface area (Å²) in [6.45, 7) is 1.46. The summed E-state index contributed by atoms with van der Waals surface area (Å²) in [5, 5.41) is 3.00. The summed E-state index contributed by atoms with van der Waals surface area (Å²) in [6, 6.07) is 0. The lowest BCUT2D eigenvalue weighted by Gasteiger charge is -1.99. The molecule has 0 aromatic heterocycles. The van der Waals surface area contributed by atoms with E-state index >= 15 is 0 Å². The van der Waals surface area contributed by atoms with Crippen LogP contribution < -0.4 is 5.32 Å². The first-order chi connectivity index (χ1) is 4.56. The van der Waals surface area contributed by atoms with Crippen molar-refractivity contribution in [3.05, 3.63) is 0 Å². The highest BCUT2D eigenvalue weighted by Crippen LogP contribution is 1.80. The van der Waals surface area contributed by atoms with Crippen LogP contribution in [0, 0.1) is 0 Å². The van der Waals surface area contributed by atoms with Crippen molar-refractivity contribution in [2.24, 2.45) is 0 Å². The molecule has 0 aromatic carbocycles. The normalized spacial score (nSPS) is 11.8. The van der Waals surface area contributed by atoms with Gasteiger partial charge in [-0.3, -0.25) is 0 Å². The van der Waals surface area contributed by atoms with Gasteiger partial charge in [0.2, 0.25) is 0 Å². The lowest BCUT2D eigenvalue weighted by atomic mass is 10.7. The van der Waals surface area contributed by atoms with Gasteiger partial charge in [0.15, 0.2) is 0 Å². The van der Waals surface area contributed by atoms with E-state index in [4.69, 9.17) is 0 Å². The molecule has 0 spiro atoms. The number of rotatable bonds is 5. The van der Waals surface area contributed by atoms with Crippen LogP contribution in [0.5, 0.6) is 0 Å². The fourth-order valence-electron chi connectivity index (χ4n) is 0.449. The van der Waals surface area contributed by atoms with Crippen molar-refractivity contribution in [2.75, 3.05) is 29.5 Å². The van der Waals surface area contributed by atoms with Crippen molar-refractivity contribution in [1.29, 1.82) is 0 Å². The molecule has 0 aliphatic rings. The minimum absolute atomic E-state index is 0.240. The van der Waals surface area contributed by atoms with Crippen molar-refractivity contribution in [2.45, 2.75) is 0 Å². The molecule has 62 valence electrons. The molecule has 0 unspecified atom stereocenters. The number of sulfone groups is 1. The van der Waals surface area contributed by atoms with Gasteiger partial charge in [-0.1, -0.05) is 22.6 Å². The van der Waals surface area contributed by atoms with Crippen LogP contribution in [0.1, 0.15) is 0 Å². The van der Waals surface area contributed by atoms with Gasteiger partial charge in [-0.05, 0) is 0 Å². The zero-order valence-corrected chi connectivity index (χ0v) is 8.91. The molecule has 0 radical (unpaired) electrons. The van der Waals surface area contributed by atoms with Crippen molar-refractivity contribution in [3.8, 4) is 0 Å². The van der Waals surface area contributed by atoms with Crippen LogP contribution in [0.25, 0.3) is 0 Å². The van der Waals surface area contributed by atoms with Gasteiger partial charge in [-0.25, -0.2) is 8.42 Å². The third-order valence-corrected chi connectivity index (χ3v) is 2.41. The fourth-order valence-corrected chi connectivity index (χ4v) is 1.35. The molecule has 0 fully saturated rings. The number of halogens is 1. The number of hydrogen-bond donors (Lipinski definition) is 1. The molecule has 3 nitrogen and oxygen atoms in total. The molecule has 0 amide bonds. The maximum absolute atomic E-state index is 10.6. The van der Waals surface area contributed by atoms with E-state index in [1.165, 1.54) is 6.26 Å². The number of alkyl halides is 1. The largest absolute Gasteiger partial charge is 0.315 e. The third-order valence-electron chi connectivity index (χ3n) is 0.921. The molecule has 0 bridgehead atoms. The minimum Gasteiger partial charge on any atom is -0.315 e. The lowest BCUT2D eigenvalue weighted by molar-refractivity contribution is 0.598. The average Bonchev–Trinajstić information content (AvgIpc) is 1.78. The maximum atomic E-state index is 10.6. The van der Waals surface area contributed by atoms with E-state index in [1.807, 2.05) is 0 Å². The molecular weight excluding hydrogens is 265 g/mol. The molecular formula is C5H12INO2S. The van der Waals surface area contributed by atoms with Crippen LogP contribution in [-0.4, -0.2) is 37.9 Å². The van der Waals surface area contributed by atoms with Crippen LogP contribution in [0.15, 0.2) is 0 Å². The van der Waals surface area contributed by atoms with Crippen molar-refractivity contribution in [1.82, 2.24) is 5.32 Å². The molecule has 0 saturated carbocycles. The summed E-state index contributed by atoms with van der Waals surface area (Å²) in [6.07, 6.45) is 1.25.